The molecule has 0 aromatic carbocycles. The summed E-state index contributed by atoms with van der Waals surface area (Å²) in [5.74, 6) is 0.663. The van der Waals surface area contributed by atoms with Gasteiger partial charge in [-0.05, 0) is 18.6 Å². The van der Waals surface area contributed by atoms with Crippen LogP contribution < -0.4 is 0 Å². The highest BCUT2D eigenvalue weighted by molar-refractivity contribution is 5.21. The van der Waals surface area contributed by atoms with Gasteiger partial charge in [-0.25, -0.2) is 4.39 Å². The van der Waals surface area contributed by atoms with Gasteiger partial charge in [0.1, 0.15) is 11.9 Å². The zero-order valence-electron chi connectivity index (χ0n) is 6.88. The molecule has 1 aliphatic rings. The van der Waals surface area contributed by atoms with E-state index in [0.717, 1.165) is 6.42 Å². The van der Waals surface area contributed by atoms with Crippen LogP contribution in [-0.4, -0.2) is 13.3 Å². The molecule has 0 aromatic heterocycles. The van der Waals surface area contributed by atoms with E-state index in [1.165, 1.54) is 6.08 Å². The smallest absolute Gasteiger partial charge is 0.128 e. The van der Waals surface area contributed by atoms with Gasteiger partial charge in [0.25, 0.3) is 0 Å². The van der Waals surface area contributed by atoms with E-state index in [-0.39, 0.29) is 5.92 Å². The van der Waals surface area contributed by atoms with E-state index in [2.05, 4.69) is 0 Å². The van der Waals surface area contributed by atoms with Crippen LogP contribution in [0.25, 0.3) is 0 Å². The second-order valence-corrected chi connectivity index (χ2v) is 2.65. The lowest BCUT2D eigenvalue weighted by Crippen LogP contribution is -2.14. The van der Waals surface area contributed by atoms with Crippen molar-refractivity contribution in [3.05, 3.63) is 24.0 Å². The topological polar surface area (TPSA) is 9.23 Å². The number of hydrogen-bond acceptors (Lipinski definition) is 1. The predicted octanol–water partition coefficient (Wildman–Crippen LogP) is 2.45. The third kappa shape index (κ3) is 1.82. The lowest BCUT2D eigenvalue weighted by Gasteiger charge is -2.17. The first-order valence-electron chi connectivity index (χ1n) is 3.86. The van der Waals surface area contributed by atoms with E-state index in [1.807, 2.05) is 19.1 Å². The monoisotopic (exact) mass is 156 g/mol. The van der Waals surface area contributed by atoms with Crippen molar-refractivity contribution < 1.29 is 9.13 Å². The molecule has 11 heavy (non-hydrogen) atoms. The number of ether oxygens (including phenoxy) is 1. The molecule has 1 aliphatic carbocycles. The van der Waals surface area contributed by atoms with Crippen molar-refractivity contribution in [3.8, 4) is 0 Å². The van der Waals surface area contributed by atoms with Gasteiger partial charge in [-0.1, -0.05) is 13.0 Å². The molecule has 62 valence electrons. The van der Waals surface area contributed by atoms with Crippen LogP contribution in [-0.2, 0) is 4.74 Å². The Morgan fingerprint density at radius 3 is 2.82 bits per heavy atom. The summed E-state index contributed by atoms with van der Waals surface area (Å²) in [7, 11) is 1.55. The van der Waals surface area contributed by atoms with Gasteiger partial charge in [-0.15, -0.1) is 0 Å². The van der Waals surface area contributed by atoms with Crippen LogP contribution >= 0.6 is 0 Å². The van der Waals surface area contributed by atoms with Gasteiger partial charge in [0.2, 0.25) is 0 Å². The molecular formula is C9H13FO. The van der Waals surface area contributed by atoms with Crippen molar-refractivity contribution in [1.29, 1.82) is 0 Å². The van der Waals surface area contributed by atoms with Gasteiger partial charge in [-0.2, -0.15) is 0 Å². The molecule has 0 amide bonds. The van der Waals surface area contributed by atoms with E-state index >= 15 is 0 Å². The Morgan fingerprint density at radius 2 is 2.36 bits per heavy atom. The summed E-state index contributed by atoms with van der Waals surface area (Å²) in [4.78, 5) is 0. The third-order valence-corrected chi connectivity index (χ3v) is 1.95. The fraction of sp³-hybridized carbons (Fsp3) is 0.556. The summed E-state index contributed by atoms with van der Waals surface area (Å²) in [5, 5.41) is 0. The minimum atomic E-state index is -0.875. The van der Waals surface area contributed by atoms with Crippen molar-refractivity contribution in [3.63, 3.8) is 0 Å². The molecule has 0 aliphatic heterocycles. The molecule has 1 nitrogen and oxygen atoms in total. The summed E-state index contributed by atoms with van der Waals surface area (Å²) >= 11 is 0. The van der Waals surface area contributed by atoms with E-state index in [9.17, 15) is 4.39 Å². The van der Waals surface area contributed by atoms with Gasteiger partial charge in [0.05, 0.1) is 7.11 Å². The highest BCUT2D eigenvalue weighted by atomic mass is 19.1. The molecule has 1 rings (SSSR count). The van der Waals surface area contributed by atoms with E-state index < -0.39 is 6.17 Å². The number of allylic oxidation sites excluding steroid dienone is 3. The maximum atomic E-state index is 13.1. The van der Waals surface area contributed by atoms with Gasteiger partial charge in [0, 0.05) is 5.92 Å². The van der Waals surface area contributed by atoms with E-state index in [0.29, 0.717) is 5.76 Å². The average Bonchev–Trinajstić information content (AvgIpc) is 2.04. The molecule has 1 unspecified atom stereocenters. The second-order valence-electron chi connectivity index (χ2n) is 2.65. The van der Waals surface area contributed by atoms with Crippen molar-refractivity contribution in [2.24, 2.45) is 5.92 Å². The number of alkyl halides is 1. The van der Waals surface area contributed by atoms with Crippen molar-refractivity contribution in [2.75, 3.05) is 7.11 Å². The molecule has 0 fully saturated rings. The Balaban J connectivity index is 2.63. The molecule has 0 aromatic rings. The van der Waals surface area contributed by atoms with Crippen LogP contribution in [0.5, 0.6) is 0 Å². The summed E-state index contributed by atoms with van der Waals surface area (Å²) in [6.07, 6.45) is 5.17. The summed E-state index contributed by atoms with van der Waals surface area (Å²) in [6.45, 7) is 1.98. The quantitative estimate of drug-likeness (QED) is 0.596. The summed E-state index contributed by atoms with van der Waals surface area (Å²) < 4.78 is 18.0. The average molecular weight is 156 g/mol. The maximum Gasteiger partial charge on any atom is 0.128 e. The molecule has 0 saturated heterocycles. The maximum absolute atomic E-state index is 13.1. The number of halogens is 1. The normalized spacial score (nSPS) is 29.9. The van der Waals surface area contributed by atoms with Crippen LogP contribution in [0.4, 0.5) is 4.39 Å². The van der Waals surface area contributed by atoms with Crippen LogP contribution in [0, 0.1) is 5.92 Å². The van der Waals surface area contributed by atoms with Crippen molar-refractivity contribution in [1.82, 2.24) is 0 Å². The van der Waals surface area contributed by atoms with Crippen LogP contribution in [0.2, 0.25) is 0 Å². The van der Waals surface area contributed by atoms with Gasteiger partial charge in [0.15, 0.2) is 0 Å². The first kappa shape index (κ1) is 8.31. The number of rotatable bonds is 2. The molecular weight excluding hydrogens is 143 g/mol. The molecule has 0 bridgehead atoms. The molecule has 0 radical (unpaired) electrons. The zero-order valence-corrected chi connectivity index (χ0v) is 6.88. The van der Waals surface area contributed by atoms with Crippen molar-refractivity contribution >= 4 is 0 Å². The first-order valence-corrected chi connectivity index (χ1v) is 3.86. The highest BCUT2D eigenvalue weighted by Gasteiger charge is 2.18. The lowest BCUT2D eigenvalue weighted by molar-refractivity contribution is 0.265. The Labute approximate surface area is 66.6 Å². The zero-order chi connectivity index (χ0) is 8.27. The molecule has 0 N–H and O–H groups in total. The van der Waals surface area contributed by atoms with E-state index in [4.69, 9.17) is 4.74 Å². The minimum Gasteiger partial charge on any atom is -0.497 e. The third-order valence-electron chi connectivity index (χ3n) is 1.95. The molecule has 2 heteroatoms. The Bertz CT molecular complexity index is 184. The predicted molar refractivity (Wildman–Crippen MR) is 42.9 cm³/mol. The Kier molecular flexibility index (Phi) is 2.69. The van der Waals surface area contributed by atoms with E-state index in [1.54, 1.807) is 7.11 Å². The Morgan fingerprint density at radius 1 is 1.64 bits per heavy atom. The molecule has 0 spiro atoms. The fourth-order valence-corrected chi connectivity index (χ4v) is 1.16. The highest BCUT2D eigenvalue weighted by Crippen LogP contribution is 2.22. The minimum absolute atomic E-state index is 0.0360. The van der Waals surface area contributed by atoms with Gasteiger partial charge >= 0.3 is 0 Å². The molecule has 2 atom stereocenters. The van der Waals surface area contributed by atoms with Crippen LogP contribution in [0.3, 0.4) is 0 Å². The van der Waals surface area contributed by atoms with Gasteiger partial charge in [-0.3, -0.25) is 0 Å². The summed E-state index contributed by atoms with van der Waals surface area (Å²) in [6, 6.07) is 0. The first-order chi connectivity index (χ1) is 5.27. The number of methoxy groups -OCH3 is 1. The second kappa shape index (κ2) is 3.56. The van der Waals surface area contributed by atoms with Crippen LogP contribution in [0.1, 0.15) is 13.3 Å². The molecule has 0 heterocycles. The fourth-order valence-electron chi connectivity index (χ4n) is 1.16. The van der Waals surface area contributed by atoms with Crippen molar-refractivity contribution in [2.45, 2.75) is 19.5 Å². The Hall–Kier alpha value is -0.790. The van der Waals surface area contributed by atoms with Gasteiger partial charge < -0.3 is 4.74 Å². The SMILES string of the molecule is CC[C@@H]1C=CC(OC)=CC1F. The van der Waals surface area contributed by atoms with Crippen LogP contribution in [0.15, 0.2) is 24.0 Å². The largest absolute Gasteiger partial charge is 0.497 e. The standard InChI is InChI=1S/C9H13FO/c1-3-7-4-5-8(11-2)6-9(7)10/h4-7,9H,3H2,1-2H3/t7-,9?/m1/s1. The summed E-state index contributed by atoms with van der Waals surface area (Å²) in [5.41, 5.74) is 0. The lowest BCUT2D eigenvalue weighted by atomic mass is 9.96. The number of hydrogen-bond donors (Lipinski definition) is 0. The molecule has 0 saturated carbocycles.